The van der Waals surface area contributed by atoms with Crippen LogP contribution in [0.3, 0.4) is 0 Å². The Bertz CT molecular complexity index is 782. The highest BCUT2D eigenvalue weighted by molar-refractivity contribution is 6.30. The van der Waals surface area contributed by atoms with Crippen LogP contribution in [0.5, 0.6) is 0 Å². The summed E-state index contributed by atoms with van der Waals surface area (Å²) in [7, 11) is 0. The fourth-order valence-electron chi connectivity index (χ4n) is 3.82. The van der Waals surface area contributed by atoms with Crippen molar-refractivity contribution in [3.8, 4) is 0 Å². The maximum absolute atomic E-state index is 11.6. The molecule has 1 atom stereocenters. The summed E-state index contributed by atoms with van der Waals surface area (Å²) in [5.74, 6) is 1.22. The number of rotatable bonds is 2. The smallest absolute Gasteiger partial charge is 0.271 e. The third kappa shape index (κ3) is 2.52. The summed E-state index contributed by atoms with van der Waals surface area (Å²) < 4.78 is 2.18. The van der Waals surface area contributed by atoms with E-state index in [-0.39, 0.29) is 0 Å². The first-order valence-corrected chi connectivity index (χ1v) is 8.92. The van der Waals surface area contributed by atoms with Gasteiger partial charge in [0.25, 0.3) is 11.6 Å². The van der Waals surface area contributed by atoms with Crippen molar-refractivity contribution in [1.82, 2.24) is 0 Å². The number of anilines is 1. The molecule has 3 nitrogen and oxygen atoms in total. The number of benzene rings is 2. The second-order valence-corrected chi connectivity index (χ2v) is 7.21. The van der Waals surface area contributed by atoms with Crippen LogP contribution < -0.4 is 4.90 Å². The molecule has 2 aliphatic rings. The van der Waals surface area contributed by atoms with E-state index in [2.05, 4.69) is 40.7 Å². The van der Waals surface area contributed by atoms with Gasteiger partial charge in [0, 0.05) is 17.0 Å². The topological polar surface area (TPSA) is 26.5 Å². The summed E-state index contributed by atoms with van der Waals surface area (Å²) in [6.45, 7) is 3.53. The Morgan fingerprint density at radius 3 is 2.46 bits per heavy atom. The molecule has 0 amide bonds. The fraction of sp³-hybridized carbons (Fsp3) is 0.350. The van der Waals surface area contributed by atoms with Crippen molar-refractivity contribution in [2.24, 2.45) is 0 Å². The first-order chi connectivity index (χ1) is 11.6. The zero-order chi connectivity index (χ0) is 16.7. The molecule has 0 fully saturated rings. The van der Waals surface area contributed by atoms with E-state index >= 15 is 0 Å². The van der Waals surface area contributed by atoms with Gasteiger partial charge in [-0.15, -0.1) is 0 Å². The van der Waals surface area contributed by atoms with E-state index in [1.54, 1.807) is 0 Å². The van der Waals surface area contributed by atoms with Gasteiger partial charge in [0.2, 0.25) is 0 Å². The molecule has 0 aliphatic carbocycles. The van der Waals surface area contributed by atoms with Gasteiger partial charge in [-0.1, -0.05) is 41.4 Å². The monoisotopic (exact) mass is 341 g/mol. The van der Waals surface area contributed by atoms with Crippen molar-refractivity contribution in [3.63, 3.8) is 0 Å². The molecule has 0 saturated carbocycles. The number of nitrogens with zero attached hydrogens (tertiary/aromatic N) is 2. The van der Waals surface area contributed by atoms with Crippen LogP contribution in [0.4, 0.5) is 5.69 Å². The third-order valence-electron chi connectivity index (χ3n) is 5.13. The van der Waals surface area contributed by atoms with Crippen molar-refractivity contribution in [1.29, 1.82) is 0 Å². The number of aliphatic hydroxyl groups is 1. The Kier molecular flexibility index (Phi) is 3.86. The van der Waals surface area contributed by atoms with Gasteiger partial charge in [-0.25, -0.2) is 9.48 Å². The lowest BCUT2D eigenvalue weighted by molar-refractivity contribution is -0.661. The minimum atomic E-state index is -0.995. The predicted octanol–water partition coefficient (Wildman–Crippen LogP) is 3.91. The quantitative estimate of drug-likeness (QED) is 0.838. The average Bonchev–Trinajstić information content (AvgIpc) is 2.91. The van der Waals surface area contributed by atoms with Gasteiger partial charge in [0.1, 0.15) is 5.69 Å². The zero-order valence-electron chi connectivity index (χ0n) is 13.9. The number of aryl methyl sites for hydroxylation is 1. The van der Waals surface area contributed by atoms with E-state index in [4.69, 9.17) is 11.6 Å². The van der Waals surface area contributed by atoms with E-state index < -0.39 is 5.72 Å². The predicted molar refractivity (Wildman–Crippen MR) is 97.9 cm³/mol. The van der Waals surface area contributed by atoms with Gasteiger partial charge in [0.05, 0.1) is 6.54 Å². The molecular formula is C20H22ClN2O+. The van der Waals surface area contributed by atoms with E-state index in [0.29, 0.717) is 11.6 Å². The second-order valence-electron chi connectivity index (χ2n) is 6.77. The maximum atomic E-state index is 11.6. The average molecular weight is 342 g/mol. The summed E-state index contributed by atoms with van der Waals surface area (Å²) in [5, 5.41) is 12.2. The molecule has 0 bridgehead atoms. The first kappa shape index (κ1) is 15.7. The van der Waals surface area contributed by atoms with E-state index in [1.165, 1.54) is 17.8 Å². The SMILES string of the molecule is Cc1ccc(N2C[C@@](O)(c3ccc(Cl)cc3)[N+]3=C2CCCC3)cc1. The summed E-state index contributed by atoms with van der Waals surface area (Å²) in [5.41, 5.74) is 2.30. The van der Waals surface area contributed by atoms with Crippen LogP contribution in [0.15, 0.2) is 48.5 Å². The molecule has 0 aromatic heterocycles. The Morgan fingerprint density at radius 2 is 1.75 bits per heavy atom. The number of halogens is 1. The molecule has 0 unspecified atom stereocenters. The van der Waals surface area contributed by atoms with Crippen LogP contribution in [0, 0.1) is 6.92 Å². The molecular weight excluding hydrogens is 320 g/mol. The van der Waals surface area contributed by atoms with Crippen molar-refractivity contribution >= 4 is 23.1 Å². The summed E-state index contributed by atoms with van der Waals surface area (Å²) >= 11 is 6.03. The van der Waals surface area contributed by atoms with Crippen molar-refractivity contribution in [2.75, 3.05) is 18.0 Å². The lowest BCUT2D eigenvalue weighted by atomic mass is 10.0. The lowest BCUT2D eigenvalue weighted by Gasteiger charge is -2.24. The Hall–Kier alpha value is -1.84. The van der Waals surface area contributed by atoms with Crippen LogP contribution in [-0.2, 0) is 5.72 Å². The highest BCUT2D eigenvalue weighted by Crippen LogP contribution is 2.36. The fourth-order valence-corrected chi connectivity index (χ4v) is 3.95. The molecule has 4 heteroatoms. The standard InChI is InChI=1S/C20H22ClN2O/c1-15-5-11-18(12-6-15)22-14-20(24,16-7-9-17(21)10-8-16)23-13-3-2-4-19(22)23/h5-12,24H,2-4,13-14H2,1H3/q+1/t20-/m1/s1. The number of hydrogen-bond acceptors (Lipinski definition) is 2. The molecule has 2 aromatic rings. The minimum Gasteiger partial charge on any atom is -0.346 e. The Labute approximate surface area is 147 Å². The molecule has 0 saturated heterocycles. The zero-order valence-corrected chi connectivity index (χ0v) is 14.6. The molecule has 0 radical (unpaired) electrons. The summed E-state index contributed by atoms with van der Waals surface area (Å²) in [4.78, 5) is 2.27. The van der Waals surface area contributed by atoms with Crippen molar-refractivity contribution < 1.29 is 9.68 Å². The number of hydrogen-bond donors (Lipinski definition) is 1. The molecule has 124 valence electrons. The molecule has 0 spiro atoms. The van der Waals surface area contributed by atoms with Gasteiger partial charge in [0.15, 0.2) is 6.54 Å². The Balaban J connectivity index is 1.78. The maximum Gasteiger partial charge on any atom is 0.271 e. The normalized spacial score (nSPS) is 23.5. The summed E-state index contributed by atoms with van der Waals surface area (Å²) in [6.07, 6.45) is 3.29. The third-order valence-corrected chi connectivity index (χ3v) is 5.38. The molecule has 1 N–H and O–H groups in total. The second kappa shape index (κ2) is 5.91. The van der Waals surface area contributed by atoms with Crippen LogP contribution in [0.1, 0.15) is 30.4 Å². The summed E-state index contributed by atoms with van der Waals surface area (Å²) in [6, 6.07) is 16.1. The highest BCUT2D eigenvalue weighted by Gasteiger charge is 2.52. The van der Waals surface area contributed by atoms with Crippen LogP contribution in [-0.4, -0.2) is 28.6 Å². The van der Waals surface area contributed by atoms with Crippen LogP contribution >= 0.6 is 11.6 Å². The van der Waals surface area contributed by atoms with E-state index in [9.17, 15) is 5.11 Å². The molecule has 24 heavy (non-hydrogen) atoms. The van der Waals surface area contributed by atoms with Crippen LogP contribution in [0.25, 0.3) is 0 Å². The number of β-amino-alcohol motifs (C(OH)–C–C–N with tert-alkyl or cyclic N) is 1. The molecule has 2 aromatic carbocycles. The molecule has 2 heterocycles. The van der Waals surface area contributed by atoms with Crippen molar-refractivity contribution in [2.45, 2.75) is 31.9 Å². The van der Waals surface area contributed by atoms with Crippen molar-refractivity contribution in [3.05, 3.63) is 64.7 Å². The minimum absolute atomic E-state index is 0.549. The number of amidine groups is 1. The van der Waals surface area contributed by atoms with Crippen LogP contribution in [0.2, 0.25) is 5.02 Å². The van der Waals surface area contributed by atoms with Gasteiger partial charge in [-0.2, -0.15) is 0 Å². The van der Waals surface area contributed by atoms with Gasteiger partial charge < -0.3 is 5.11 Å². The lowest BCUT2D eigenvalue weighted by Crippen LogP contribution is -2.41. The Morgan fingerprint density at radius 1 is 1.04 bits per heavy atom. The highest BCUT2D eigenvalue weighted by atomic mass is 35.5. The van der Waals surface area contributed by atoms with Gasteiger partial charge >= 0.3 is 0 Å². The van der Waals surface area contributed by atoms with Gasteiger partial charge in [-0.3, -0.25) is 0 Å². The van der Waals surface area contributed by atoms with Gasteiger partial charge in [-0.05, 0) is 44.0 Å². The first-order valence-electron chi connectivity index (χ1n) is 8.54. The van der Waals surface area contributed by atoms with E-state index in [1.807, 2.05) is 24.3 Å². The molecule has 2 aliphatic heterocycles. The molecule has 4 rings (SSSR count). The van der Waals surface area contributed by atoms with E-state index in [0.717, 1.165) is 30.6 Å². The largest absolute Gasteiger partial charge is 0.346 e.